The van der Waals surface area contributed by atoms with Crippen molar-refractivity contribution in [3.8, 4) is 0 Å². The van der Waals surface area contributed by atoms with Gasteiger partial charge in [0.1, 0.15) is 4.47 Å². The minimum absolute atomic E-state index is 0.0588. The number of H-pyrrole nitrogens is 1. The number of rotatable bonds is 5. The molecule has 0 aliphatic carbocycles. The van der Waals surface area contributed by atoms with E-state index in [1.165, 1.54) is 0 Å². The highest BCUT2D eigenvalue weighted by Gasteiger charge is 2.27. The summed E-state index contributed by atoms with van der Waals surface area (Å²) in [6.07, 6.45) is -0.453. The molecule has 0 aliphatic rings. The number of aromatic amines is 1. The molecule has 3 N–H and O–H groups in total. The molecule has 0 aliphatic heterocycles. The van der Waals surface area contributed by atoms with Gasteiger partial charge in [0.05, 0.1) is 5.69 Å². The van der Waals surface area contributed by atoms with E-state index >= 15 is 0 Å². The van der Waals surface area contributed by atoms with E-state index in [2.05, 4.69) is 21.0 Å². The summed E-state index contributed by atoms with van der Waals surface area (Å²) in [6.45, 7) is 2.32. The second kappa shape index (κ2) is 5.60. The Bertz CT molecular complexity index is 327. The number of nitrogens with zero attached hydrogens (tertiary/aromatic N) is 1. The summed E-state index contributed by atoms with van der Waals surface area (Å²) in [4.78, 5) is 0. The van der Waals surface area contributed by atoms with Crippen LogP contribution in [0.25, 0.3) is 0 Å². The van der Waals surface area contributed by atoms with Gasteiger partial charge in [0, 0.05) is 19.6 Å². The predicted octanol–water partition coefficient (Wildman–Crippen LogP) is 0.164. The maximum atomic E-state index is 9.71. The van der Waals surface area contributed by atoms with Gasteiger partial charge >= 0.3 is 0 Å². The molecule has 15 heavy (non-hydrogen) atoms. The molecule has 1 unspecified atom stereocenters. The van der Waals surface area contributed by atoms with Crippen LogP contribution >= 0.6 is 15.9 Å². The highest BCUT2D eigenvalue weighted by Crippen LogP contribution is 2.24. The van der Waals surface area contributed by atoms with E-state index < -0.39 is 6.29 Å². The van der Waals surface area contributed by atoms with Gasteiger partial charge in [0.25, 0.3) is 5.69 Å². The molecule has 1 aromatic heterocycles. The summed E-state index contributed by atoms with van der Waals surface area (Å²) >= 11 is 3.37. The van der Waals surface area contributed by atoms with Gasteiger partial charge in [-0.25, -0.2) is 0 Å². The van der Waals surface area contributed by atoms with Crippen molar-refractivity contribution < 1.29 is 19.6 Å². The normalized spacial score (nSPS) is 13.1. The summed E-state index contributed by atoms with van der Waals surface area (Å²) in [6, 6.07) is 0. The van der Waals surface area contributed by atoms with Gasteiger partial charge < -0.3 is 14.9 Å². The lowest BCUT2D eigenvalue weighted by molar-refractivity contribution is -0.740. The van der Waals surface area contributed by atoms with Crippen LogP contribution in [0.2, 0.25) is 0 Å². The minimum atomic E-state index is -0.960. The number of ether oxygens (including phenoxy) is 1. The third-order valence-electron chi connectivity index (χ3n) is 2.07. The molecule has 0 saturated carbocycles. The molecular formula is C9H16BrN2O3+. The molecule has 1 atom stereocenters. The van der Waals surface area contributed by atoms with E-state index in [0.29, 0.717) is 18.7 Å². The zero-order chi connectivity index (χ0) is 11.4. The third-order valence-corrected chi connectivity index (χ3v) is 2.96. The summed E-state index contributed by atoms with van der Waals surface area (Å²) in [7, 11) is 1.78. The zero-order valence-corrected chi connectivity index (χ0v) is 10.4. The Labute approximate surface area is 96.8 Å². The maximum Gasteiger partial charge on any atom is 0.277 e. The maximum absolute atomic E-state index is 9.71. The van der Waals surface area contributed by atoms with E-state index in [1.807, 2.05) is 6.92 Å². The van der Waals surface area contributed by atoms with Crippen LogP contribution in [0.5, 0.6) is 0 Å². The van der Waals surface area contributed by atoms with Crippen LogP contribution < -0.4 is 4.68 Å². The van der Waals surface area contributed by atoms with Gasteiger partial charge in [-0.3, -0.25) is 0 Å². The van der Waals surface area contributed by atoms with Crippen molar-refractivity contribution in [2.24, 2.45) is 7.05 Å². The van der Waals surface area contributed by atoms with E-state index in [4.69, 9.17) is 9.84 Å². The number of aromatic nitrogens is 2. The van der Waals surface area contributed by atoms with Crippen molar-refractivity contribution in [3.63, 3.8) is 0 Å². The average Bonchev–Trinajstić information content (AvgIpc) is 2.43. The summed E-state index contributed by atoms with van der Waals surface area (Å²) in [5.41, 5.74) is 1.47. The fraction of sp³-hybridized carbons (Fsp3) is 0.667. The van der Waals surface area contributed by atoms with E-state index in [-0.39, 0.29) is 6.61 Å². The number of aliphatic hydroxyl groups is 2. The van der Waals surface area contributed by atoms with E-state index in [0.717, 1.165) is 10.2 Å². The lowest BCUT2D eigenvalue weighted by atomic mass is 10.3. The lowest BCUT2D eigenvalue weighted by Crippen LogP contribution is -2.36. The molecule has 0 amide bonds. The SMILES string of the molecule is CCOC(O)c1c(Br)c(CCO)[nH][n+]1C. The summed E-state index contributed by atoms with van der Waals surface area (Å²) in [5.74, 6) is 0. The van der Waals surface area contributed by atoms with Crippen LogP contribution in [0, 0.1) is 0 Å². The zero-order valence-electron chi connectivity index (χ0n) is 8.83. The molecule has 0 fully saturated rings. The standard InChI is InChI=1S/C9H15BrN2O3/c1-3-15-9(14)8-7(10)6(4-5-13)11-12(8)2/h9,13-14H,3-5H2,1-2H3/p+1. The van der Waals surface area contributed by atoms with Gasteiger partial charge in [0.2, 0.25) is 6.29 Å². The van der Waals surface area contributed by atoms with Crippen LogP contribution in [-0.4, -0.2) is 28.5 Å². The summed E-state index contributed by atoms with van der Waals surface area (Å²) in [5, 5.41) is 21.6. The molecule has 1 aromatic rings. The fourth-order valence-corrected chi connectivity index (χ4v) is 2.15. The van der Waals surface area contributed by atoms with Crippen LogP contribution in [0.1, 0.15) is 24.6 Å². The number of halogens is 1. The Kier molecular flexibility index (Phi) is 4.72. The molecule has 1 heterocycles. The Morgan fingerprint density at radius 3 is 2.80 bits per heavy atom. The van der Waals surface area contributed by atoms with Gasteiger partial charge in [-0.05, 0) is 22.9 Å². The fourth-order valence-electron chi connectivity index (χ4n) is 1.40. The largest absolute Gasteiger partial charge is 0.396 e. The molecule has 6 heteroatoms. The second-order valence-electron chi connectivity index (χ2n) is 3.13. The molecule has 5 nitrogen and oxygen atoms in total. The van der Waals surface area contributed by atoms with Crippen molar-refractivity contribution >= 4 is 15.9 Å². The summed E-state index contributed by atoms with van der Waals surface area (Å²) < 4.78 is 7.53. The number of aliphatic hydroxyl groups excluding tert-OH is 2. The molecule has 0 radical (unpaired) electrons. The van der Waals surface area contributed by atoms with Crippen molar-refractivity contribution in [1.82, 2.24) is 5.10 Å². The minimum Gasteiger partial charge on any atom is -0.396 e. The first-order valence-electron chi connectivity index (χ1n) is 4.78. The smallest absolute Gasteiger partial charge is 0.277 e. The van der Waals surface area contributed by atoms with E-state index in [9.17, 15) is 5.11 Å². The van der Waals surface area contributed by atoms with Gasteiger partial charge in [0.15, 0.2) is 7.05 Å². The molecule has 0 saturated heterocycles. The Balaban J connectivity index is 2.96. The van der Waals surface area contributed by atoms with Gasteiger partial charge in [-0.15, -0.1) is 4.68 Å². The quantitative estimate of drug-likeness (QED) is 0.532. The van der Waals surface area contributed by atoms with Crippen molar-refractivity contribution in [2.45, 2.75) is 19.6 Å². The van der Waals surface area contributed by atoms with E-state index in [1.54, 1.807) is 11.7 Å². The van der Waals surface area contributed by atoms with Crippen molar-refractivity contribution in [3.05, 3.63) is 15.9 Å². The van der Waals surface area contributed by atoms with Gasteiger partial charge in [-0.1, -0.05) is 0 Å². The highest BCUT2D eigenvalue weighted by molar-refractivity contribution is 9.10. The number of aryl methyl sites for hydroxylation is 1. The Morgan fingerprint density at radius 1 is 1.60 bits per heavy atom. The second-order valence-corrected chi connectivity index (χ2v) is 3.92. The molecule has 0 aromatic carbocycles. The van der Waals surface area contributed by atoms with Gasteiger partial charge in [-0.2, -0.15) is 5.10 Å². The van der Waals surface area contributed by atoms with Crippen LogP contribution in [0.3, 0.4) is 0 Å². The lowest BCUT2D eigenvalue weighted by Gasteiger charge is -2.05. The number of hydrogen-bond donors (Lipinski definition) is 3. The molecule has 0 spiro atoms. The third kappa shape index (κ3) is 2.78. The first kappa shape index (κ1) is 12.6. The monoisotopic (exact) mass is 279 g/mol. The number of nitrogens with one attached hydrogen (secondary N) is 1. The first-order chi connectivity index (χ1) is 7.11. The molecule has 0 bridgehead atoms. The molecular weight excluding hydrogens is 264 g/mol. The first-order valence-corrected chi connectivity index (χ1v) is 5.57. The van der Waals surface area contributed by atoms with Crippen LogP contribution in [0.4, 0.5) is 0 Å². The highest BCUT2D eigenvalue weighted by atomic mass is 79.9. The number of hydrogen-bond acceptors (Lipinski definition) is 3. The Hall–Kier alpha value is -0.430. The average molecular weight is 280 g/mol. The predicted molar refractivity (Wildman–Crippen MR) is 57.0 cm³/mol. The molecule has 1 rings (SSSR count). The Morgan fingerprint density at radius 2 is 2.27 bits per heavy atom. The van der Waals surface area contributed by atoms with Crippen molar-refractivity contribution in [2.75, 3.05) is 13.2 Å². The van der Waals surface area contributed by atoms with Crippen LogP contribution in [0.15, 0.2) is 4.47 Å². The topological polar surface area (TPSA) is 69.4 Å². The van der Waals surface area contributed by atoms with Crippen LogP contribution in [-0.2, 0) is 18.2 Å². The molecule has 86 valence electrons. The van der Waals surface area contributed by atoms with Crippen molar-refractivity contribution in [1.29, 1.82) is 0 Å².